The molecular weight excluding hydrogens is 244 g/mol. The van der Waals surface area contributed by atoms with Gasteiger partial charge in [-0.25, -0.2) is 10.4 Å². The number of hydrazone groups is 1. The van der Waals surface area contributed by atoms with Crippen molar-refractivity contribution >= 4 is 12.2 Å². The summed E-state index contributed by atoms with van der Waals surface area (Å²) in [6.07, 6.45) is 1.60. The van der Waals surface area contributed by atoms with E-state index >= 15 is 0 Å². The van der Waals surface area contributed by atoms with Gasteiger partial charge in [-0.3, -0.25) is 9.78 Å². The molecule has 1 aromatic carbocycles. The van der Waals surface area contributed by atoms with Crippen LogP contribution in [0.25, 0.3) is 0 Å². The van der Waals surface area contributed by atoms with Crippen LogP contribution in [0.15, 0.2) is 40.2 Å². The van der Waals surface area contributed by atoms with E-state index in [0.29, 0.717) is 11.6 Å². The number of hydrogen-bond acceptors (Lipinski definition) is 5. The highest BCUT2D eigenvalue weighted by molar-refractivity contribution is 5.83. The zero-order chi connectivity index (χ0) is 13.7. The first-order valence-electron chi connectivity index (χ1n) is 5.69. The molecule has 0 fully saturated rings. The molecule has 0 unspecified atom stereocenters. The molecule has 98 valence electrons. The highest BCUT2D eigenvalue weighted by Crippen LogP contribution is 2.14. The Hall–Kier alpha value is -2.63. The molecule has 2 aromatic rings. The van der Waals surface area contributed by atoms with Crippen LogP contribution in [0.1, 0.15) is 11.3 Å². The van der Waals surface area contributed by atoms with Crippen LogP contribution in [-0.2, 0) is 0 Å². The predicted octanol–water partition coefficient (Wildman–Crippen LogP) is 1.53. The third kappa shape index (κ3) is 3.41. The van der Waals surface area contributed by atoms with Gasteiger partial charge in [-0.1, -0.05) is 12.1 Å². The Balaban J connectivity index is 2.13. The fourth-order valence-electron chi connectivity index (χ4n) is 1.57. The largest absolute Gasteiger partial charge is 0.496 e. The van der Waals surface area contributed by atoms with E-state index in [0.717, 1.165) is 11.3 Å². The number of methoxy groups -OCH3 is 1. The fraction of sp³-hybridized carbons (Fsp3) is 0.154. The summed E-state index contributed by atoms with van der Waals surface area (Å²) in [5, 5.41) is 4.02. The topological polar surface area (TPSA) is 79.4 Å². The summed E-state index contributed by atoms with van der Waals surface area (Å²) in [5.41, 5.74) is 3.90. The van der Waals surface area contributed by atoms with Crippen molar-refractivity contribution in [1.29, 1.82) is 0 Å². The minimum Gasteiger partial charge on any atom is -0.496 e. The monoisotopic (exact) mass is 258 g/mol. The quantitative estimate of drug-likeness (QED) is 0.644. The van der Waals surface area contributed by atoms with E-state index in [9.17, 15) is 4.79 Å². The Bertz CT molecular complexity index is 649. The van der Waals surface area contributed by atoms with Gasteiger partial charge < -0.3 is 4.74 Å². The van der Waals surface area contributed by atoms with Crippen LogP contribution in [0.3, 0.4) is 0 Å². The lowest BCUT2D eigenvalue weighted by Gasteiger charge is -2.03. The number of H-pyrrole nitrogens is 1. The van der Waals surface area contributed by atoms with E-state index < -0.39 is 0 Å². The van der Waals surface area contributed by atoms with Crippen molar-refractivity contribution in [3.05, 3.63) is 51.9 Å². The molecule has 0 spiro atoms. The summed E-state index contributed by atoms with van der Waals surface area (Å²) < 4.78 is 5.19. The van der Waals surface area contributed by atoms with Gasteiger partial charge in [-0.05, 0) is 19.1 Å². The van der Waals surface area contributed by atoms with Crippen LogP contribution < -0.4 is 15.7 Å². The highest BCUT2D eigenvalue weighted by Gasteiger charge is 1.98. The fourth-order valence-corrected chi connectivity index (χ4v) is 1.57. The molecule has 0 saturated heterocycles. The third-order valence-electron chi connectivity index (χ3n) is 2.38. The first kappa shape index (κ1) is 12.8. The summed E-state index contributed by atoms with van der Waals surface area (Å²) in [7, 11) is 1.60. The Kier molecular flexibility index (Phi) is 3.92. The molecule has 0 aliphatic heterocycles. The van der Waals surface area contributed by atoms with Gasteiger partial charge in [0.2, 0.25) is 5.95 Å². The van der Waals surface area contributed by atoms with Crippen molar-refractivity contribution < 1.29 is 4.74 Å². The number of nitrogens with zero attached hydrogens (tertiary/aromatic N) is 2. The molecule has 0 amide bonds. The molecule has 0 saturated carbocycles. The van der Waals surface area contributed by atoms with Crippen molar-refractivity contribution in [2.45, 2.75) is 6.92 Å². The number of anilines is 1. The van der Waals surface area contributed by atoms with Crippen LogP contribution in [0.2, 0.25) is 0 Å². The van der Waals surface area contributed by atoms with Crippen LogP contribution in [-0.4, -0.2) is 23.3 Å². The lowest BCUT2D eigenvalue weighted by Crippen LogP contribution is -2.10. The van der Waals surface area contributed by atoms with Gasteiger partial charge >= 0.3 is 0 Å². The zero-order valence-electron chi connectivity index (χ0n) is 10.7. The van der Waals surface area contributed by atoms with Crippen molar-refractivity contribution in [2.24, 2.45) is 5.10 Å². The zero-order valence-corrected chi connectivity index (χ0v) is 10.7. The maximum Gasteiger partial charge on any atom is 0.252 e. The highest BCUT2D eigenvalue weighted by atomic mass is 16.5. The molecule has 6 nitrogen and oxygen atoms in total. The number of para-hydroxylation sites is 1. The van der Waals surface area contributed by atoms with Gasteiger partial charge in [-0.15, -0.1) is 0 Å². The molecular formula is C13H14N4O2. The van der Waals surface area contributed by atoms with Crippen LogP contribution in [0.5, 0.6) is 5.75 Å². The van der Waals surface area contributed by atoms with Crippen LogP contribution in [0, 0.1) is 6.92 Å². The Morgan fingerprint density at radius 2 is 2.21 bits per heavy atom. The van der Waals surface area contributed by atoms with Crippen molar-refractivity contribution in [2.75, 3.05) is 12.5 Å². The van der Waals surface area contributed by atoms with E-state index in [1.54, 1.807) is 20.2 Å². The maximum absolute atomic E-state index is 11.2. The van der Waals surface area contributed by atoms with Crippen molar-refractivity contribution in [3.8, 4) is 5.75 Å². The van der Waals surface area contributed by atoms with E-state index in [1.807, 2.05) is 24.3 Å². The lowest BCUT2D eigenvalue weighted by molar-refractivity contribution is 0.414. The number of aryl methyl sites for hydroxylation is 1. The van der Waals surface area contributed by atoms with Crippen molar-refractivity contribution in [1.82, 2.24) is 9.97 Å². The van der Waals surface area contributed by atoms with Crippen molar-refractivity contribution in [3.63, 3.8) is 0 Å². The van der Waals surface area contributed by atoms with Crippen LogP contribution in [0.4, 0.5) is 5.95 Å². The first-order chi connectivity index (χ1) is 9.19. The summed E-state index contributed by atoms with van der Waals surface area (Å²) >= 11 is 0. The average Bonchev–Trinajstić information content (AvgIpc) is 2.38. The molecule has 0 radical (unpaired) electrons. The molecule has 2 N–H and O–H groups in total. The van der Waals surface area contributed by atoms with E-state index in [2.05, 4.69) is 20.5 Å². The lowest BCUT2D eigenvalue weighted by atomic mass is 10.2. The second-order valence-electron chi connectivity index (χ2n) is 3.85. The average molecular weight is 258 g/mol. The summed E-state index contributed by atoms with van der Waals surface area (Å²) in [6, 6.07) is 8.89. The van der Waals surface area contributed by atoms with Gasteiger partial charge in [0.1, 0.15) is 5.75 Å². The predicted molar refractivity (Wildman–Crippen MR) is 73.8 cm³/mol. The SMILES string of the molecule is COc1ccccc1/C=N/Nc1nc(C)cc(=O)[nH]1. The van der Waals surface area contributed by atoms with Crippen LogP contribution >= 0.6 is 0 Å². The van der Waals surface area contributed by atoms with Gasteiger partial charge in [0, 0.05) is 17.3 Å². The first-order valence-corrected chi connectivity index (χ1v) is 5.69. The Morgan fingerprint density at radius 3 is 2.95 bits per heavy atom. The van der Waals surface area contributed by atoms with E-state index in [1.165, 1.54) is 6.07 Å². The van der Waals surface area contributed by atoms with E-state index in [-0.39, 0.29) is 5.56 Å². The van der Waals surface area contributed by atoms with Gasteiger partial charge in [-0.2, -0.15) is 5.10 Å². The number of aromatic amines is 1. The third-order valence-corrected chi connectivity index (χ3v) is 2.38. The maximum atomic E-state index is 11.2. The molecule has 1 aromatic heterocycles. The normalized spacial score (nSPS) is 10.6. The molecule has 1 heterocycles. The number of aromatic nitrogens is 2. The smallest absolute Gasteiger partial charge is 0.252 e. The summed E-state index contributed by atoms with van der Waals surface area (Å²) in [6.45, 7) is 1.74. The summed E-state index contributed by atoms with van der Waals surface area (Å²) in [5.74, 6) is 1.02. The van der Waals surface area contributed by atoms with Gasteiger partial charge in [0.15, 0.2) is 0 Å². The number of ether oxygens (including phenoxy) is 1. The Labute approximate surface area is 110 Å². The molecule has 0 aliphatic carbocycles. The molecule has 2 rings (SSSR count). The standard InChI is InChI=1S/C13H14N4O2/c1-9-7-12(18)16-13(15-9)17-14-8-10-5-3-4-6-11(10)19-2/h3-8H,1-2H3,(H2,15,16,17,18)/b14-8+. The molecule has 0 atom stereocenters. The number of rotatable bonds is 4. The summed E-state index contributed by atoms with van der Waals surface area (Å²) in [4.78, 5) is 17.9. The molecule has 6 heteroatoms. The van der Waals surface area contributed by atoms with Gasteiger partial charge in [0.25, 0.3) is 5.56 Å². The number of benzene rings is 1. The minimum atomic E-state index is -0.220. The van der Waals surface area contributed by atoms with E-state index in [4.69, 9.17) is 4.74 Å². The number of nitrogens with one attached hydrogen (secondary N) is 2. The number of hydrogen-bond donors (Lipinski definition) is 2. The molecule has 0 bridgehead atoms. The van der Waals surface area contributed by atoms with Gasteiger partial charge in [0.05, 0.1) is 13.3 Å². The minimum absolute atomic E-state index is 0.220. The molecule has 19 heavy (non-hydrogen) atoms. The Morgan fingerprint density at radius 1 is 1.42 bits per heavy atom. The second kappa shape index (κ2) is 5.81. The second-order valence-corrected chi connectivity index (χ2v) is 3.85. The molecule has 0 aliphatic rings.